The zero-order valence-corrected chi connectivity index (χ0v) is 12.7. The quantitative estimate of drug-likeness (QED) is 0.920. The second-order valence-corrected chi connectivity index (χ2v) is 6.87. The number of rotatable bonds is 4. The van der Waals surface area contributed by atoms with Gasteiger partial charge in [-0.1, -0.05) is 0 Å². The number of nitrogens with zero attached hydrogens (tertiary/aromatic N) is 3. The number of nitriles is 1. The molecule has 0 saturated heterocycles. The zero-order chi connectivity index (χ0) is 15.6. The van der Waals surface area contributed by atoms with Crippen LogP contribution in [0.4, 0.5) is 5.69 Å². The van der Waals surface area contributed by atoms with E-state index in [1.807, 2.05) is 13.0 Å². The molecule has 0 aliphatic carbocycles. The van der Waals surface area contributed by atoms with Crippen molar-refractivity contribution in [3.8, 4) is 6.07 Å². The molecule has 0 unspecified atom stereocenters. The number of benzene rings is 1. The predicted molar refractivity (Wildman–Crippen MR) is 79.3 cm³/mol. The van der Waals surface area contributed by atoms with Crippen molar-refractivity contribution in [2.24, 2.45) is 0 Å². The largest absolute Gasteiger partial charge is 0.396 e. The molecule has 0 aliphatic heterocycles. The molecule has 2 N–H and O–H groups in total. The predicted octanol–water partition coefficient (Wildman–Crippen LogP) is 1.43. The topological polar surface area (TPSA) is 102 Å². The van der Waals surface area contributed by atoms with Crippen molar-refractivity contribution in [1.29, 1.82) is 5.26 Å². The molecule has 0 amide bonds. The van der Waals surface area contributed by atoms with Crippen LogP contribution in [0, 0.1) is 25.2 Å². The van der Waals surface area contributed by atoms with Crippen LogP contribution in [0.3, 0.4) is 0 Å². The molecule has 0 bridgehead atoms. The van der Waals surface area contributed by atoms with Gasteiger partial charge in [-0.2, -0.15) is 10.4 Å². The molecule has 0 aliphatic rings. The lowest BCUT2D eigenvalue weighted by molar-refractivity contribution is 0.576. The summed E-state index contributed by atoms with van der Waals surface area (Å²) in [7, 11) is -3.41. The summed E-state index contributed by atoms with van der Waals surface area (Å²) in [5.74, 6) is -0.0691. The number of aryl methyl sites for hydroxylation is 2. The van der Waals surface area contributed by atoms with Gasteiger partial charge >= 0.3 is 0 Å². The van der Waals surface area contributed by atoms with Gasteiger partial charge in [-0.15, -0.1) is 0 Å². The smallest absolute Gasteiger partial charge is 0.180 e. The molecule has 1 aromatic carbocycles. The van der Waals surface area contributed by atoms with Crippen molar-refractivity contribution in [3.05, 3.63) is 41.2 Å². The SMILES string of the molecule is Cc1nn(CCS(=O)(=O)c2ccc(C#N)cc2)c(C)c1N. The first kappa shape index (κ1) is 15.1. The molecule has 7 heteroatoms. The molecule has 0 fully saturated rings. The van der Waals surface area contributed by atoms with Crippen LogP contribution in [-0.4, -0.2) is 24.0 Å². The standard InChI is InChI=1S/C14H16N4O2S/c1-10-14(16)11(2)18(17-10)7-8-21(19,20)13-5-3-12(9-15)4-6-13/h3-6H,7-8,16H2,1-2H3. The van der Waals surface area contributed by atoms with E-state index >= 15 is 0 Å². The highest BCUT2D eigenvalue weighted by atomic mass is 32.2. The molecular formula is C14H16N4O2S. The second kappa shape index (κ2) is 5.58. The minimum absolute atomic E-state index is 0.0691. The first-order valence-electron chi connectivity index (χ1n) is 6.37. The Kier molecular flexibility index (Phi) is 4.00. The number of hydrogen-bond donors (Lipinski definition) is 1. The summed E-state index contributed by atoms with van der Waals surface area (Å²) >= 11 is 0. The van der Waals surface area contributed by atoms with E-state index in [1.165, 1.54) is 24.3 Å². The third-order valence-electron chi connectivity index (χ3n) is 3.35. The first-order valence-corrected chi connectivity index (χ1v) is 8.03. The normalized spacial score (nSPS) is 11.3. The molecular weight excluding hydrogens is 288 g/mol. The average molecular weight is 304 g/mol. The maximum Gasteiger partial charge on any atom is 0.180 e. The molecule has 0 spiro atoms. The number of anilines is 1. The van der Waals surface area contributed by atoms with Crippen molar-refractivity contribution in [2.75, 3.05) is 11.5 Å². The zero-order valence-electron chi connectivity index (χ0n) is 11.9. The highest BCUT2D eigenvalue weighted by Gasteiger charge is 2.16. The van der Waals surface area contributed by atoms with Crippen molar-refractivity contribution in [2.45, 2.75) is 25.3 Å². The Morgan fingerprint density at radius 3 is 2.38 bits per heavy atom. The Morgan fingerprint density at radius 1 is 1.29 bits per heavy atom. The lowest BCUT2D eigenvalue weighted by Crippen LogP contribution is -2.15. The monoisotopic (exact) mass is 304 g/mol. The van der Waals surface area contributed by atoms with E-state index in [0.29, 0.717) is 16.9 Å². The molecule has 110 valence electrons. The van der Waals surface area contributed by atoms with Gasteiger partial charge in [0.25, 0.3) is 0 Å². The van der Waals surface area contributed by atoms with Crippen LogP contribution in [-0.2, 0) is 16.4 Å². The minimum Gasteiger partial charge on any atom is -0.396 e. The summed E-state index contributed by atoms with van der Waals surface area (Å²) in [6.07, 6.45) is 0. The van der Waals surface area contributed by atoms with Crippen LogP contribution >= 0.6 is 0 Å². The lowest BCUT2D eigenvalue weighted by Gasteiger charge is -2.06. The molecule has 0 saturated carbocycles. The van der Waals surface area contributed by atoms with Gasteiger partial charge in [-0.3, -0.25) is 4.68 Å². The Balaban J connectivity index is 2.17. The summed E-state index contributed by atoms with van der Waals surface area (Å²) in [5, 5.41) is 12.9. The van der Waals surface area contributed by atoms with E-state index in [0.717, 1.165) is 5.69 Å². The van der Waals surface area contributed by atoms with Crippen LogP contribution in [0.1, 0.15) is 17.0 Å². The third kappa shape index (κ3) is 3.06. The second-order valence-electron chi connectivity index (χ2n) is 4.76. The maximum atomic E-state index is 12.3. The van der Waals surface area contributed by atoms with Gasteiger partial charge < -0.3 is 5.73 Å². The fourth-order valence-electron chi connectivity index (χ4n) is 1.99. The summed E-state index contributed by atoms with van der Waals surface area (Å²) in [4.78, 5) is 0.205. The fraction of sp³-hybridized carbons (Fsp3) is 0.286. The number of aromatic nitrogens is 2. The minimum atomic E-state index is -3.41. The molecule has 0 atom stereocenters. The molecule has 1 aromatic heterocycles. The summed E-state index contributed by atoms with van der Waals surface area (Å²) in [6.45, 7) is 3.84. The molecule has 2 rings (SSSR count). The van der Waals surface area contributed by atoms with Crippen molar-refractivity contribution in [1.82, 2.24) is 9.78 Å². The molecule has 6 nitrogen and oxygen atoms in total. The van der Waals surface area contributed by atoms with Crippen LogP contribution in [0.15, 0.2) is 29.2 Å². The van der Waals surface area contributed by atoms with E-state index in [4.69, 9.17) is 11.0 Å². The van der Waals surface area contributed by atoms with Crippen LogP contribution in [0.2, 0.25) is 0 Å². The number of hydrogen-bond acceptors (Lipinski definition) is 5. The Morgan fingerprint density at radius 2 is 1.90 bits per heavy atom. The first-order chi connectivity index (χ1) is 9.85. The van der Waals surface area contributed by atoms with Gasteiger partial charge in [0.15, 0.2) is 9.84 Å². The van der Waals surface area contributed by atoms with Crippen molar-refractivity contribution >= 4 is 15.5 Å². The van der Waals surface area contributed by atoms with Gasteiger partial charge in [0.1, 0.15) is 0 Å². The summed E-state index contributed by atoms with van der Waals surface area (Å²) in [5.41, 5.74) is 8.30. The van der Waals surface area contributed by atoms with Crippen molar-refractivity contribution in [3.63, 3.8) is 0 Å². The molecule has 21 heavy (non-hydrogen) atoms. The molecule has 1 heterocycles. The molecule has 0 radical (unpaired) electrons. The van der Waals surface area contributed by atoms with Gasteiger partial charge in [0.05, 0.1) is 45.9 Å². The van der Waals surface area contributed by atoms with Crippen LogP contribution < -0.4 is 5.73 Å². The van der Waals surface area contributed by atoms with E-state index in [1.54, 1.807) is 11.6 Å². The summed E-state index contributed by atoms with van der Waals surface area (Å²) < 4.78 is 26.1. The van der Waals surface area contributed by atoms with Gasteiger partial charge in [-0.25, -0.2) is 8.42 Å². The third-order valence-corrected chi connectivity index (χ3v) is 5.06. The number of nitrogens with two attached hydrogens (primary N) is 1. The average Bonchev–Trinajstić information content (AvgIpc) is 2.72. The number of sulfone groups is 1. The number of nitrogen functional groups attached to an aromatic ring is 1. The van der Waals surface area contributed by atoms with Crippen LogP contribution in [0.25, 0.3) is 0 Å². The Labute approximate surface area is 123 Å². The van der Waals surface area contributed by atoms with Gasteiger partial charge in [0, 0.05) is 0 Å². The van der Waals surface area contributed by atoms with E-state index in [9.17, 15) is 8.42 Å². The molecule has 2 aromatic rings. The highest BCUT2D eigenvalue weighted by Crippen LogP contribution is 2.16. The van der Waals surface area contributed by atoms with E-state index < -0.39 is 9.84 Å². The van der Waals surface area contributed by atoms with Crippen LogP contribution in [0.5, 0.6) is 0 Å². The van der Waals surface area contributed by atoms with Gasteiger partial charge in [-0.05, 0) is 38.1 Å². The maximum absolute atomic E-state index is 12.3. The summed E-state index contributed by atoms with van der Waals surface area (Å²) in [6, 6.07) is 7.84. The van der Waals surface area contributed by atoms with Crippen molar-refractivity contribution < 1.29 is 8.42 Å². The van der Waals surface area contributed by atoms with E-state index in [-0.39, 0.29) is 17.2 Å². The van der Waals surface area contributed by atoms with Gasteiger partial charge in [0.2, 0.25) is 0 Å². The Bertz CT molecular complexity index is 799. The fourth-order valence-corrected chi connectivity index (χ4v) is 3.19. The lowest BCUT2D eigenvalue weighted by atomic mass is 10.2. The highest BCUT2D eigenvalue weighted by molar-refractivity contribution is 7.91. The van der Waals surface area contributed by atoms with E-state index in [2.05, 4.69) is 5.10 Å². The Hall–Kier alpha value is -2.33.